The van der Waals surface area contributed by atoms with E-state index in [0.717, 1.165) is 12.1 Å². The standard InChI is InChI=1S/C25H21N3O4/c29-23(14-16-28-21-7-3-4-8-22(21)32-25(28)31)26-19-11-9-18(10-12-19)24(30)27-15-13-17-5-1-2-6-20(17)27/h1-12H,13-16H2,(H,26,29). The molecule has 0 radical (unpaired) electrons. The van der Waals surface area contributed by atoms with Crippen molar-refractivity contribution >= 4 is 34.3 Å². The van der Waals surface area contributed by atoms with Crippen LogP contribution in [0.3, 0.4) is 0 Å². The van der Waals surface area contributed by atoms with Crippen LogP contribution in [0.4, 0.5) is 11.4 Å². The highest BCUT2D eigenvalue weighted by molar-refractivity contribution is 6.07. The van der Waals surface area contributed by atoms with E-state index in [0.29, 0.717) is 28.9 Å². The van der Waals surface area contributed by atoms with Gasteiger partial charge in [-0.15, -0.1) is 0 Å². The number of aryl methyl sites for hydroxylation is 1. The molecular formula is C25H21N3O4. The first kappa shape index (κ1) is 19.8. The molecule has 1 aliphatic rings. The maximum atomic E-state index is 12.9. The molecule has 160 valence electrons. The highest BCUT2D eigenvalue weighted by atomic mass is 16.4. The Balaban J connectivity index is 1.22. The summed E-state index contributed by atoms with van der Waals surface area (Å²) in [7, 11) is 0. The van der Waals surface area contributed by atoms with Gasteiger partial charge in [-0.05, 0) is 54.4 Å². The van der Waals surface area contributed by atoms with Crippen LogP contribution in [0, 0.1) is 0 Å². The van der Waals surface area contributed by atoms with Gasteiger partial charge in [-0.3, -0.25) is 14.2 Å². The summed E-state index contributed by atoms with van der Waals surface area (Å²) in [5, 5.41) is 2.81. The van der Waals surface area contributed by atoms with Crippen LogP contribution in [0.1, 0.15) is 22.3 Å². The van der Waals surface area contributed by atoms with Crippen LogP contribution in [0.5, 0.6) is 0 Å². The minimum absolute atomic E-state index is 0.0564. The van der Waals surface area contributed by atoms with Crippen molar-refractivity contribution in [2.24, 2.45) is 0 Å². The molecule has 5 rings (SSSR count). The smallest absolute Gasteiger partial charge is 0.408 e. The Morgan fingerprint density at radius 1 is 0.938 bits per heavy atom. The summed E-state index contributed by atoms with van der Waals surface area (Å²) in [6, 6.07) is 21.9. The quantitative estimate of drug-likeness (QED) is 0.525. The third kappa shape index (κ3) is 3.69. The average molecular weight is 427 g/mol. The molecule has 32 heavy (non-hydrogen) atoms. The van der Waals surface area contributed by atoms with Gasteiger partial charge in [0.1, 0.15) is 0 Å². The second kappa shape index (κ2) is 8.19. The lowest BCUT2D eigenvalue weighted by atomic mass is 10.1. The fourth-order valence-corrected chi connectivity index (χ4v) is 4.06. The fraction of sp³-hybridized carbons (Fsp3) is 0.160. The Morgan fingerprint density at radius 2 is 1.69 bits per heavy atom. The van der Waals surface area contributed by atoms with Crippen LogP contribution in [-0.2, 0) is 17.8 Å². The van der Waals surface area contributed by atoms with E-state index in [9.17, 15) is 14.4 Å². The predicted octanol–water partition coefficient (Wildman–Crippen LogP) is 3.83. The van der Waals surface area contributed by atoms with E-state index in [1.165, 1.54) is 10.1 Å². The lowest BCUT2D eigenvalue weighted by Gasteiger charge is -2.17. The van der Waals surface area contributed by atoms with Gasteiger partial charge in [0.05, 0.1) is 5.52 Å². The molecule has 1 aliphatic heterocycles. The van der Waals surface area contributed by atoms with Gasteiger partial charge in [0.25, 0.3) is 5.91 Å². The van der Waals surface area contributed by atoms with E-state index in [1.54, 1.807) is 47.4 Å². The van der Waals surface area contributed by atoms with Crippen LogP contribution in [0.25, 0.3) is 11.1 Å². The molecule has 1 N–H and O–H groups in total. The third-order valence-corrected chi connectivity index (χ3v) is 5.68. The Hall–Kier alpha value is -4.13. The van der Waals surface area contributed by atoms with E-state index in [2.05, 4.69) is 5.32 Å². The van der Waals surface area contributed by atoms with Crippen molar-refractivity contribution in [1.82, 2.24) is 4.57 Å². The second-order valence-electron chi connectivity index (χ2n) is 7.70. The molecule has 0 saturated carbocycles. The predicted molar refractivity (Wildman–Crippen MR) is 122 cm³/mol. The monoisotopic (exact) mass is 427 g/mol. The number of aromatic nitrogens is 1. The van der Waals surface area contributed by atoms with Crippen molar-refractivity contribution in [3.05, 3.63) is 94.5 Å². The summed E-state index contributed by atoms with van der Waals surface area (Å²) in [6.07, 6.45) is 0.972. The van der Waals surface area contributed by atoms with Gasteiger partial charge in [0.2, 0.25) is 5.91 Å². The average Bonchev–Trinajstić information content (AvgIpc) is 3.38. The first-order valence-electron chi connectivity index (χ1n) is 10.5. The zero-order valence-electron chi connectivity index (χ0n) is 17.3. The molecule has 0 atom stereocenters. The number of fused-ring (bicyclic) bond motifs is 2. The van der Waals surface area contributed by atoms with Crippen molar-refractivity contribution in [3.63, 3.8) is 0 Å². The van der Waals surface area contributed by atoms with Crippen LogP contribution in [0.2, 0.25) is 0 Å². The number of anilines is 2. The molecule has 0 bridgehead atoms. The molecule has 0 aliphatic carbocycles. The van der Waals surface area contributed by atoms with Crippen LogP contribution >= 0.6 is 0 Å². The van der Waals surface area contributed by atoms with E-state index >= 15 is 0 Å². The molecule has 0 unspecified atom stereocenters. The molecule has 0 spiro atoms. The molecular weight excluding hydrogens is 406 g/mol. The number of nitrogens with one attached hydrogen (secondary N) is 1. The summed E-state index contributed by atoms with van der Waals surface area (Å²) in [6.45, 7) is 0.880. The van der Waals surface area contributed by atoms with E-state index < -0.39 is 5.76 Å². The number of benzene rings is 3. The molecule has 2 amide bonds. The Bertz CT molecular complexity index is 1370. The van der Waals surface area contributed by atoms with Gasteiger partial charge >= 0.3 is 5.76 Å². The van der Waals surface area contributed by atoms with Gasteiger partial charge in [-0.25, -0.2) is 4.79 Å². The van der Waals surface area contributed by atoms with Gasteiger partial charge in [-0.2, -0.15) is 0 Å². The molecule has 3 aromatic carbocycles. The molecule has 1 aromatic heterocycles. The number of hydrogen-bond donors (Lipinski definition) is 1. The van der Waals surface area contributed by atoms with Crippen LogP contribution < -0.4 is 16.0 Å². The van der Waals surface area contributed by atoms with E-state index in [4.69, 9.17) is 4.42 Å². The molecule has 0 fully saturated rings. The first-order valence-corrected chi connectivity index (χ1v) is 10.5. The van der Waals surface area contributed by atoms with Gasteiger partial charge < -0.3 is 14.6 Å². The lowest BCUT2D eigenvalue weighted by molar-refractivity contribution is -0.116. The molecule has 7 nitrogen and oxygen atoms in total. The lowest BCUT2D eigenvalue weighted by Crippen LogP contribution is -2.28. The van der Waals surface area contributed by atoms with Crippen molar-refractivity contribution in [2.75, 3.05) is 16.8 Å². The Labute approximate surface area is 183 Å². The summed E-state index contributed by atoms with van der Waals surface area (Å²) in [4.78, 5) is 39.1. The number of carbonyl (C=O) groups excluding carboxylic acids is 2. The van der Waals surface area contributed by atoms with Crippen molar-refractivity contribution in [1.29, 1.82) is 0 Å². The van der Waals surface area contributed by atoms with Crippen LogP contribution in [-0.4, -0.2) is 22.9 Å². The minimum atomic E-state index is -0.481. The maximum Gasteiger partial charge on any atom is 0.419 e. The minimum Gasteiger partial charge on any atom is -0.408 e. The van der Waals surface area contributed by atoms with E-state index in [-0.39, 0.29) is 24.8 Å². The number of rotatable bonds is 5. The van der Waals surface area contributed by atoms with Gasteiger partial charge in [-0.1, -0.05) is 30.3 Å². The third-order valence-electron chi connectivity index (χ3n) is 5.68. The highest BCUT2D eigenvalue weighted by Gasteiger charge is 2.25. The normalized spacial score (nSPS) is 12.7. The number of amides is 2. The number of oxazole rings is 1. The number of nitrogens with zero attached hydrogens (tertiary/aromatic N) is 2. The Kier molecular flexibility index (Phi) is 5.07. The van der Waals surface area contributed by atoms with Crippen molar-refractivity contribution < 1.29 is 14.0 Å². The fourth-order valence-electron chi connectivity index (χ4n) is 4.06. The van der Waals surface area contributed by atoms with Crippen LogP contribution in [0.15, 0.2) is 82.0 Å². The van der Waals surface area contributed by atoms with Gasteiger partial charge in [0, 0.05) is 36.4 Å². The highest BCUT2D eigenvalue weighted by Crippen LogP contribution is 2.29. The number of carbonyl (C=O) groups is 2. The summed E-state index contributed by atoms with van der Waals surface area (Å²) >= 11 is 0. The molecule has 4 aromatic rings. The SMILES string of the molecule is O=C(CCn1c(=O)oc2ccccc21)Nc1ccc(C(=O)N2CCc3ccccc32)cc1. The summed E-state index contributed by atoms with van der Waals surface area (Å²) in [5.41, 5.74) is 4.45. The zero-order chi connectivity index (χ0) is 22.1. The summed E-state index contributed by atoms with van der Waals surface area (Å²) in [5.74, 6) is -0.765. The zero-order valence-corrected chi connectivity index (χ0v) is 17.3. The first-order chi connectivity index (χ1) is 15.6. The summed E-state index contributed by atoms with van der Waals surface area (Å²) < 4.78 is 6.64. The van der Waals surface area contributed by atoms with Gasteiger partial charge in [0.15, 0.2) is 5.58 Å². The molecule has 0 saturated heterocycles. The maximum absolute atomic E-state index is 12.9. The Morgan fingerprint density at radius 3 is 2.53 bits per heavy atom. The molecule has 2 heterocycles. The van der Waals surface area contributed by atoms with E-state index in [1.807, 2.05) is 30.3 Å². The van der Waals surface area contributed by atoms with Crippen molar-refractivity contribution in [3.8, 4) is 0 Å². The molecule has 7 heteroatoms. The van der Waals surface area contributed by atoms with Crippen molar-refractivity contribution in [2.45, 2.75) is 19.4 Å². The largest absolute Gasteiger partial charge is 0.419 e. The number of para-hydroxylation sites is 3. The topological polar surface area (TPSA) is 84.5 Å². The number of hydrogen-bond acceptors (Lipinski definition) is 4. The second-order valence-corrected chi connectivity index (χ2v) is 7.70.